The van der Waals surface area contributed by atoms with Crippen LogP contribution < -0.4 is 0 Å². The van der Waals surface area contributed by atoms with Crippen molar-refractivity contribution in [3.05, 3.63) is 40.7 Å². The Morgan fingerprint density at radius 1 is 1.32 bits per heavy atom. The molecule has 1 aliphatic rings. The minimum atomic E-state index is -0.268. The zero-order valence-electron chi connectivity index (χ0n) is 12.8. The number of halogens is 1. The molecule has 3 rings (SSSR count). The predicted octanol–water partition coefficient (Wildman–Crippen LogP) is 4.27. The SMILES string of the molecule is Cc1nc(-c2ccc(F)cc2)sc1C(=O)N1CCCCC1C. The third-order valence-electron chi connectivity index (χ3n) is 4.15. The third-order valence-corrected chi connectivity index (χ3v) is 5.34. The molecule has 1 unspecified atom stereocenters. The molecule has 0 aliphatic carbocycles. The molecule has 5 heteroatoms. The van der Waals surface area contributed by atoms with Gasteiger partial charge in [0.15, 0.2) is 0 Å². The van der Waals surface area contributed by atoms with E-state index in [-0.39, 0.29) is 17.8 Å². The van der Waals surface area contributed by atoms with Gasteiger partial charge in [0.05, 0.1) is 5.69 Å². The van der Waals surface area contributed by atoms with Crippen molar-refractivity contribution in [3.63, 3.8) is 0 Å². The summed E-state index contributed by atoms with van der Waals surface area (Å²) in [6, 6.07) is 6.52. The molecule has 1 aromatic carbocycles. The molecule has 1 fully saturated rings. The van der Waals surface area contributed by atoms with E-state index in [4.69, 9.17) is 0 Å². The summed E-state index contributed by atoms with van der Waals surface area (Å²) < 4.78 is 13.0. The summed E-state index contributed by atoms with van der Waals surface area (Å²) in [5.74, 6) is -0.189. The van der Waals surface area contributed by atoms with Crippen LogP contribution in [0, 0.1) is 12.7 Å². The summed E-state index contributed by atoms with van der Waals surface area (Å²) >= 11 is 1.40. The van der Waals surface area contributed by atoms with Gasteiger partial charge in [-0.15, -0.1) is 11.3 Å². The highest BCUT2D eigenvalue weighted by molar-refractivity contribution is 7.17. The van der Waals surface area contributed by atoms with E-state index in [1.165, 1.54) is 29.9 Å². The van der Waals surface area contributed by atoms with Crippen molar-refractivity contribution in [1.29, 1.82) is 0 Å². The molecule has 22 heavy (non-hydrogen) atoms. The van der Waals surface area contributed by atoms with Crippen LogP contribution in [-0.4, -0.2) is 28.4 Å². The molecule has 0 radical (unpaired) electrons. The van der Waals surface area contributed by atoms with Gasteiger partial charge >= 0.3 is 0 Å². The highest BCUT2D eigenvalue weighted by atomic mass is 32.1. The number of carbonyl (C=O) groups excluding carboxylic acids is 1. The predicted molar refractivity (Wildman–Crippen MR) is 86.6 cm³/mol. The van der Waals surface area contributed by atoms with Gasteiger partial charge in [-0.3, -0.25) is 4.79 Å². The molecule has 0 bridgehead atoms. The molecule has 1 aromatic heterocycles. The number of benzene rings is 1. The van der Waals surface area contributed by atoms with Crippen molar-refractivity contribution in [3.8, 4) is 10.6 Å². The number of piperidine rings is 1. The first-order valence-corrected chi connectivity index (χ1v) is 8.42. The molecule has 1 saturated heterocycles. The van der Waals surface area contributed by atoms with Gasteiger partial charge in [-0.2, -0.15) is 0 Å². The number of nitrogens with zero attached hydrogens (tertiary/aromatic N) is 2. The van der Waals surface area contributed by atoms with Crippen LogP contribution in [0.4, 0.5) is 4.39 Å². The molecule has 0 N–H and O–H groups in total. The smallest absolute Gasteiger partial charge is 0.266 e. The fourth-order valence-electron chi connectivity index (χ4n) is 2.84. The highest BCUT2D eigenvalue weighted by Crippen LogP contribution is 2.30. The summed E-state index contributed by atoms with van der Waals surface area (Å²) in [4.78, 5) is 19.9. The van der Waals surface area contributed by atoms with Gasteiger partial charge < -0.3 is 4.90 Å². The monoisotopic (exact) mass is 318 g/mol. The molecule has 1 aliphatic heterocycles. The molecule has 3 nitrogen and oxygen atoms in total. The maximum Gasteiger partial charge on any atom is 0.266 e. The van der Waals surface area contributed by atoms with Crippen LogP contribution in [0.5, 0.6) is 0 Å². The number of thiazole rings is 1. The third kappa shape index (κ3) is 2.90. The van der Waals surface area contributed by atoms with Gasteiger partial charge in [0.2, 0.25) is 0 Å². The molecule has 1 atom stereocenters. The quantitative estimate of drug-likeness (QED) is 0.828. The summed E-state index contributed by atoms with van der Waals surface area (Å²) in [5, 5.41) is 0.769. The second kappa shape index (κ2) is 6.16. The van der Waals surface area contributed by atoms with E-state index < -0.39 is 0 Å². The number of hydrogen-bond donors (Lipinski definition) is 0. The van der Waals surface area contributed by atoms with Crippen molar-refractivity contribution in [2.75, 3.05) is 6.54 Å². The van der Waals surface area contributed by atoms with Crippen LogP contribution in [0.2, 0.25) is 0 Å². The van der Waals surface area contributed by atoms with E-state index in [0.29, 0.717) is 4.88 Å². The number of aromatic nitrogens is 1. The molecular weight excluding hydrogens is 299 g/mol. The Bertz CT molecular complexity index is 680. The van der Waals surface area contributed by atoms with Crippen LogP contribution in [0.3, 0.4) is 0 Å². The van der Waals surface area contributed by atoms with Gasteiger partial charge in [-0.1, -0.05) is 0 Å². The standard InChI is InChI=1S/C17H19FN2OS/c1-11-5-3-4-10-20(11)17(21)15-12(2)19-16(22-15)13-6-8-14(18)9-7-13/h6-9,11H,3-5,10H2,1-2H3. The zero-order chi connectivity index (χ0) is 15.7. The summed E-state index contributed by atoms with van der Waals surface area (Å²) in [6.45, 7) is 4.79. The molecule has 2 aromatic rings. The van der Waals surface area contributed by atoms with E-state index in [1.54, 1.807) is 12.1 Å². The molecule has 1 amide bonds. The van der Waals surface area contributed by atoms with Gasteiger partial charge in [-0.25, -0.2) is 9.37 Å². The Morgan fingerprint density at radius 3 is 2.73 bits per heavy atom. The second-order valence-corrected chi connectivity index (χ2v) is 6.78. The number of aryl methyl sites for hydroxylation is 1. The fourth-order valence-corrected chi connectivity index (χ4v) is 3.87. The van der Waals surface area contributed by atoms with Gasteiger partial charge in [0.1, 0.15) is 15.7 Å². The van der Waals surface area contributed by atoms with Crippen LogP contribution in [0.25, 0.3) is 10.6 Å². The highest BCUT2D eigenvalue weighted by Gasteiger charge is 2.27. The fraction of sp³-hybridized carbons (Fsp3) is 0.412. The van der Waals surface area contributed by atoms with Crippen molar-refractivity contribution in [2.24, 2.45) is 0 Å². The summed E-state index contributed by atoms with van der Waals surface area (Å²) in [6.07, 6.45) is 3.32. The Balaban J connectivity index is 1.88. The van der Waals surface area contributed by atoms with Crippen LogP contribution in [0.1, 0.15) is 41.6 Å². The lowest BCUT2D eigenvalue weighted by atomic mass is 10.0. The molecule has 0 saturated carbocycles. The van der Waals surface area contributed by atoms with Crippen LogP contribution in [-0.2, 0) is 0 Å². The first-order chi connectivity index (χ1) is 10.6. The lowest BCUT2D eigenvalue weighted by Crippen LogP contribution is -2.41. The van der Waals surface area contributed by atoms with Crippen molar-refractivity contribution < 1.29 is 9.18 Å². The van der Waals surface area contributed by atoms with Gasteiger partial charge in [0.25, 0.3) is 5.91 Å². The topological polar surface area (TPSA) is 33.2 Å². The Hall–Kier alpha value is -1.75. The Kier molecular flexibility index (Phi) is 4.25. The largest absolute Gasteiger partial charge is 0.335 e. The number of likely N-dealkylation sites (tertiary alicyclic amines) is 1. The number of hydrogen-bond acceptors (Lipinski definition) is 3. The van der Waals surface area contributed by atoms with E-state index in [9.17, 15) is 9.18 Å². The number of carbonyl (C=O) groups is 1. The Labute approximate surface area is 133 Å². The van der Waals surface area contributed by atoms with E-state index in [1.807, 2.05) is 11.8 Å². The lowest BCUT2D eigenvalue weighted by molar-refractivity contribution is 0.0639. The summed E-state index contributed by atoms with van der Waals surface area (Å²) in [7, 11) is 0. The maximum absolute atomic E-state index is 13.0. The van der Waals surface area contributed by atoms with E-state index >= 15 is 0 Å². The first kappa shape index (κ1) is 15.2. The molecule has 0 spiro atoms. The summed E-state index contributed by atoms with van der Waals surface area (Å²) in [5.41, 5.74) is 1.60. The van der Waals surface area contributed by atoms with E-state index in [2.05, 4.69) is 11.9 Å². The number of rotatable bonds is 2. The number of amides is 1. The van der Waals surface area contributed by atoms with Gasteiger partial charge in [0, 0.05) is 18.2 Å². The maximum atomic E-state index is 13.0. The average Bonchev–Trinajstić information content (AvgIpc) is 2.90. The van der Waals surface area contributed by atoms with Crippen molar-refractivity contribution in [2.45, 2.75) is 39.2 Å². The molecular formula is C17H19FN2OS. The van der Waals surface area contributed by atoms with Crippen LogP contribution >= 0.6 is 11.3 Å². The normalized spacial score (nSPS) is 18.5. The average molecular weight is 318 g/mol. The van der Waals surface area contributed by atoms with Crippen LogP contribution in [0.15, 0.2) is 24.3 Å². The van der Waals surface area contributed by atoms with Gasteiger partial charge in [-0.05, 0) is 57.4 Å². The molecule has 2 heterocycles. The van der Waals surface area contributed by atoms with E-state index in [0.717, 1.165) is 35.7 Å². The first-order valence-electron chi connectivity index (χ1n) is 7.60. The second-order valence-electron chi connectivity index (χ2n) is 5.78. The van der Waals surface area contributed by atoms with Crippen molar-refractivity contribution >= 4 is 17.2 Å². The molecule has 116 valence electrons. The Morgan fingerprint density at radius 2 is 2.05 bits per heavy atom. The van der Waals surface area contributed by atoms with Crippen molar-refractivity contribution in [1.82, 2.24) is 9.88 Å². The minimum absolute atomic E-state index is 0.0792. The lowest BCUT2D eigenvalue weighted by Gasteiger charge is -2.33. The zero-order valence-corrected chi connectivity index (χ0v) is 13.6. The minimum Gasteiger partial charge on any atom is -0.335 e.